The van der Waals surface area contributed by atoms with Gasteiger partial charge in [-0.15, -0.1) is 11.3 Å². The van der Waals surface area contributed by atoms with Crippen LogP contribution < -0.4 is 10.0 Å². The van der Waals surface area contributed by atoms with Crippen LogP contribution in [-0.2, 0) is 16.6 Å². The minimum absolute atomic E-state index is 0.173. The van der Waals surface area contributed by atoms with Gasteiger partial charge in [0.25, 0.3) is 0 Å². The lowest BCUT2D eigenvalue weighted by Crippen LogP contribution is -2.38. The van der Waals surface area contributed by atoms with E-state index < -0.39 is 10.0 Å². The second-order valence-electron chi connectivity index (χ2n) is 5.99. The standard InChI is InChI=1S/C14H22N2O2S2/c1-9-13(7-12(19-9)8-15-2)20(17,18)16-14(10-3-4-10)11-5-6-11/h7,10-11,14-16H,3-6,8H2,1-2H3. The fraction of sp³-hybridized carbons (Fsp3) is 0.714. The highest BCUT2D eigenvalue weighted by Crippen LogP contribution is 2.45. The van der Waals surface area contributed by atoms with Crippen molar-refractivity contribution in [1.29, 1.82) is 0 Å². The minimum Gasteiger partial charge on any atom is -0.315 e. The molecule has 2 saturated carbocycles. The average Bonchev–Trinajstić information content (AvgIpc) is 3.25. The fourth-order valence-corrected chi connectivity index (χ4v) is 5.80. The van der Waals surface area contributed by atoms with Crippen molar-refractivity contribution in [2.45, 2.75) is 50.1 Å². The molecule has 4 nitrogen and oxygen atoms in total. The minimum atomic E-state index is -3.37. The third-order valence-corrected chi connectivity index (χ3v) is 6.88. The zero-order valence-electron chi connectivity index (χ0n) is 12.0. The van der Waals surface area contributed by atoms with Crippen LogP contribution in [0.15, 0.2) is 11.0 Å². The average molecular weight is 314 g/mol. The van der Waals surface area contributed by atoms with Gasteiger partial charge < -0.3 is 5.32 Å². The summed E-state index contributed by atoms with van der Waals surface area (Å²) in [7, 11) is -1.49. The summed E-state index contributed by atoms with van der Waals surface area (Å²) in [5.74, 6) is 1.15. The lowest BCUT2D eigenvalue weighted by atomic mass is 10.1. The Kier molecular flexibility index (Phi) is 3.92. The zero-order chi connectivity index (χ0) is 14.3. The van der Waals surface area contributed by atoms with Crippen LogP contribution in [-0.4, -0.2) is 21.5 Å². The molecular weight excluding hydrogens is 292 g/mol. The Morgan fingerprint density at radius 1 is 1.30 bits per heavy atom. The molecule has 0 atom stereocenters. The molecule has 112 valence electrons. The number of nitrogens with one attached hydrogen (secondary N) is 2. The molecule has 0 bridgehead atoms. The number of rotatable bonds is 7. The van der Waals surface area contributed by atoms with Crippen LogP contribution in [0.3, 0.4) is 0 Å². The van der Waals surface area contributed by atoms with Gasteiger partial charge in [0, 0.05) is 22.3 Å². The molecule has 0 spiro atoms. The summed E-state index contributed by atoms with van der Waals surface area (Å²) < 4.78 is 28.2. The molecule has 0 radical (unpaired) electrons. The normalized spacial score (nSPS) is 19.8. The van der Waals surface area contributed by atoms with Crippen molar-refractivity contribution in [3.05, 3.63) is 15.8 Å². The highest BCUT2D eigenvalue weighted by molar-refractivity contribution is 7.89. The second kappa shape index (κ2) is 5.40. The Labute approximate surface area is 125 Å². The first-order valence-corrected chi connectivity index (χ1v) is 9.57. The molecule has 6 heteroatoms. The van der Waals surface area contributed by atoms with Gasteiger partial charge in [-0.1, -0.05) is 0 Å². The third-order valence-electron chi connectivity index (χ3n) is 4.11. The summed E-state index contributed by atoms with van der Waals surface area (Å²) in [4.78, 5) is 2.42. The topological polar surface area (TPSA) is 58.2 Å². The Morgan fingerprint density at radius 3 is 2.40 bits per heavy atom. The Bertz CT molecular complexity index is 574. The third kappa shape index (κ3) is 3.08. The maximum Gasteiger partial charge on any atom is 0.241 e. The Balaban J connectivity index is 1.79. The summed E-state index contributed by atoms with van der Waals surface area (Å²) >= 11 is 1.56. The van der Waals surface area contributed by atoms with Crippen molar-refractivity contribution >= 4 is 21.4 Å². The van der Waals surface area contributed by atoms with E-state index in [1.165, 1.54) is 25.7 Å². The van der Waals surface area contributed by atoms with Gasteiger partial charge in [0.2, 0.25) is 10.0 Å². The van der Waals surface area contributed by atoms with Crippen LogP contribution in [0, 0.1) is 18.8 Å². The van der Waals surface area contributed by atoms with Crippen molar-refractivity contribution in [2.75, 3.05) is 7.05 Å². The molecule has 2 aliphatic carbocycles. The largest absolute Gasteiger partial charge is 0.315 e. The van der Waals surface area contributed by atoms with Crippen molar-refractivity contribution in [3.8, 4) is 0 Å². The van der Waals surface area contributed by atoms with E-state index >= 15 is 0 Å². The van der Waals surface area contributed by atoms with Crippen LogP contribution >= 0.6 is 11.3 Å². The lowest BCUT2D eigenvalue weighted by Gasteiger charge is -2.17. The Hall–Kier alpha value is -0.430. The van der Waals surface area contributed by atoms with E-state index in [1.807, 2.05) is 20.0 Å². The first kappa shape index (κ1) is 14.5. The maximum absolute atomic E-state index is 12.6. The lowest BCUT2D eigenvalue weighted by molar-refractivity contribution is 0.471. The van der Waals surface area contributed by atoms with Crippen LogP contribution in [0.2, 0.25) is 0 Å². The summed E-state index contributed by atoms with van der Waals surface area (Å²) in [6.45, 7) is 2.61. The van der Waals surface area contributed by atoms with Gasteiger partial charge in [-0.05, 0) is 57.6 Å². The molecule has 2 aliphatic rings. The smallest absolute Gasteiger partial charge is 0.241 e. The van der Waals surface area contributed by atoms with Gasteiger partial charge in [0.05, 0.1) is 4.90 Å². The van der Waals surface area contributed by atoms with Crippen molar-refractivity contribution in [2.24, 2.45) is 11.8 Å². The first-order chi connectivity index (χ1) is 9.51. The molecule has 0 amide bonds. The van der Waals surface area contributed by atoms with Gasteiger partial charge in [-0.25, -0.2) is 13.1 Å². The molecule has 2 N–H and O–H groups in total. The molecule has 1 aromatic rings. The molecule has 0 unspecified atom stereocenters. The fourth-order valence-electron chi connectivity index (χ4n) is 2.78. The van der Waals surface area contributed by atoms with Crippen LogP contribution in [0.1, 0.15) is 35.4 Å². The van der Waals surface area contributed by atoms with Crippen molar-refractivity contribution in [3.63, 3.8) is 0 Å². The van der Waals surface area contributed by atoms with E-state index in [4.69, 9.17) is 0 Å². The molecule has 3 rings (SSSR count). The SMILES string of the molecule is CNCc1cc(S(=O)(=O)NC(C2CC2)C2CC2)c(C)s1. The molecule has 20 heavy (non-hydrogen) atoms. The first-order valence-electron chi connectivity index (χ1n) is 7.27. The Morgan fingerprint density at radius 2 is 1.90 bits per heavy atom. The number of hydrogen-bond donors (Lipinski definition) is 2. The van der Waals surface area contributed by atoms with Gasteiger partial charge in [-0.2, -0.15) is 0 Å². The predicted molar refractivity (Wildman–Crippen MR) is 81.4 cm³/mol. The molecular formula is C14H22N2O2S2. The van der Waals surface area contributed by atoms with E-state index in [-0.39, 0.29) is 6.04 Å². The van der Waals surface area contributed by atoms with E-state index in [0.717, 1.165) is 16.3 Å². The quantitative estimate of drug-likeness (QED) is 0.811. The number of thiophene rings is 1. The van der Waals surface area contributed by atoms with E-state index in [0.29, 0.717) is 16.7 Å². The van der Waals surface area contributed by atoms with Gasteiger partial charge in [0.1, 0.15) is 0 Å². The molecule has 1 aromatic heterocycles. The van der Waals surface area contributed by atoms with Crippen LogP contribution in [0.25, 0.3) is 0 Å². The zero-order valence-corrected chi connectivity index (χ0v) is 13.6. The maximum atomic E-state index is 12.6. The number of sulfonamides is 1. The van der Waals surface area contributed by atoms with Crippen LogP contribution in [0.5, 0.6) is 0 Å². The summed E-state index contributed by atoms with van der Waals surface area (Å²) in [6.07, 6.45) is 4.71. The van der Waals surface area contributed by atoms with E-state index in [2.05, 4.69) is 10.0 Å². The summed E-state index contributed by atoms with van der Waals surface area (Å²) in [5, 5.41) is 3.07. The molecule has 1 heterocycles. The highest BCUT2D eigenvalue weighted by Gasteiger charge is 2.43. The molecule has 0 saturated heterocycles. The van der Waals surface area contributed by atoms with Crippen molar-refractivity contribution in [1.82, 2.24) is 10.0 Å². The monoisotopic (exact) mass is 314 g/mol. The van der Waals surface area contributed by atoms with Gasteiger partial charge in [-0.3, -0.25) is 0 Å². The highest BCUT2D eigenvalue weighted by atomic mass is 32.2. The number of aryl methyl sites for hydroxylation is 1. The predicted octanol–water partition coefficient (Wildman–Crippen LogP) is 2.24. The van der Waals surface area contributed by atoms with Crippen molar-refractivity contribution < 1.29 is 8.42 Å². The summed E-state index contributed by atoms with van der Waals surface area (Å²) in [6, 6.07) is 1.99. The van der Waals surface area contributed by atoms with E-state index in [9.17, 15) is 8.42 Å². The van der Waals surface area contributed by atoms with Gasteiger partial charge >= 0.3 is 0 Å². The number of hydrogen-bond acceptors (Lipinski definition) is 4. The molecule has 2 fully saturated rings. The summed E-state index contributed by atoms with van der Waals surface area (Å²) in [5.41, 5.74) is 0. The molecule has 0 aliphatic heterocycles. The van der Waals surface area contributed by atoms with E-state index in [1.54, 1.807) is 11.3 Å². The second-order valence-corrected chi connectivity index (χ2v) is 9.01. The molecule has 0 aromatic carbocycles. The van der Waals surface area contributed by atoms with Crippen LogP contribution in [0.4, 0.5) is 0 Å². The van der Waals surface area contributed by atoms with Gasteiger partial charge in [0.15, 0.2) is 0 Å².